The number of benzene rings is 1. The largest absolute Gasteiger partial charge is 0.466 e. The predicted octanol–water partition coefficient (Wildman–Crippen LogP) is 1.92. The van der Waals surface area contributed by atoms with E-state index in [1.54, 1.807) is 19.2 Å². The van der Waals surface area contributed by atoms with Crippen molar-refractivity contribution in [3.05, 3.63) is 52.9 Å². The van der Waals surface area contributed by atoms with Gasteiger partial charge in [0.1, 0.15) is 11.3 Å². The molecule has 1 aromatic carbocycles. The fourth-order valence-electron chi connectivity index (χ4n) is 3.34. The van der Waals surface area contributed by atoms with Crippen LogP contribution in [0.25, 0.3) is 6.08 Å². The van der Waals surface area contributed by atoms with Gasteiger partial charge in [-0.25, -0.2) is 14.4 Å². The third-order valence-electron chi connectivity index (χ3n) is 4.68. The summed E-state index contributed by atoms with van der Waals surface area (Å²) in [6, 6.07) is 7.38. The molecule has 2 aliphatic heterocycles. The van der Waals surface area contributed by atoms with E-state index in [9.17, 15) is 14.4 Å². The normalized spacial score (nSPS) is 22.9. The summed E-state index contributed by atoms with van der Waals surface area (Å²) in [6.45, 7) is 3.10. The first-order chi connectivity index (χ1) is 13.4. The van der Waals surface area contributed by atoms with Crippen LogP contribution in [0.1, 0.15) is 31.2 Å². The molecule has 0 saturated heterocycles. The Bertz CT molecular complexity index is 888. The van der Waals surface area contributed by atoms with Crippen LogP contribution < -0.4 is 0 Å². The van der Waals surface area contributed by atoms with E-state index in [-0.39, 0.29) is 17.9 Å². The van der Waals surface area contributed by atoms with Gasteiger partial charge in [0.15, 0.2) is 11.8 Å². The maximum Gasteiger partial charge on any atom is 0.355 e. The van der Waals surface area contributed by atoms with E-state index in [2.05, 4.69) is 0 Å². The van der Waals surface area contributed by atoms with Crippen molar-refractivity contribution in [1.29, 1.82) is 0 Å². The van der Waals surface area contributed by atoms with Crippen LogP contribution in [0.4, 0.5) is 0 Å². The SMILES string of the molecule is CCOC(=O)C1(C)OC2c3ccccc3C=CN2C(C(=O)OC)=C1C(=O)OC. The van der Waals surface area contributed by atoms with Gasteiger partial charge in [-0.05, 0) is 25.5 Å². The van der Waals surface area contributed by atoms with Gasteiger partial charge >= 0.3 is 17.9 Å². The van der Waals surface area contributed by atoms with Gasteiger partial charge in [0.2, 0.25) is 0 Å². The molecule has 0 N–H and O–H groups in total. The molecule has 0 aliphatic carbocycles. The zero-order chi connectivity index (χ0) is 20.5. The van der Waals surface area contributed by atoms with Crippen molar-refractivity contribution in [2.24, 2.45) is 0 Å². The summed E-state index contributed by atoms with van der Waals surface area (Å²) < 4.78 is 21.0. The highest BCUT2D eigenvalue weighted by atomic mass is 16.6. The highest BCUT2D eigenvalue weighted by molar-refractivity contribution is 6.07. The molecule has 8 heteroatoms. The molecule has 8 nitrogen and oxygen atoms in total. The van der Waals surface area contributed by atoms with Crippen LogP contribution in [-0.2, 0) is 33.3 Å². The number of methoxy groups -OCH3 is 2. The fourth-order valence-corrected chi connectivity index (χ4v) is 3.34. The lowest BCUT2D eigenvalue weighted by Gasteiger charge is -2.45. The maximum absolute atomic E-state index is 12.8. The van der Waals surface area contributed by atoms with Gasteiger partial charge in [0, 0.05) is 11.8 Å². The van der Waals surface area contributed by atoms with Crippen molar-refractivity contribution in [2.75, 3.05) is 20.8 Å². The molecule has 148 valence electrons. The molecular weight excluding hydrogens is 366 g/mol. The molecule has 0 amide bonds. The maximum atomic E-state index is 12.8. The Hall–Kier alpha value is -3.13. The number of rotatable bonds is 4. The van der Waals surface area contributed by atoms with Crippen LogP contribution in [0, 0.1) is 0 Å². The highest BCUT2D eigenvalue weighted by Gasteiger charge is 2.55. The van der Waals surface area contributed by atoms with Crippen molar-refractivity contribution in [1.82, 2.24) is 4.90 Å². The Morgan fingerprint density at radius 3 is 2.46 bits per heavy atom. The number of esters is 3. The molecule has 0 radical (unpaired) electrons. The molecule has 0 fully saturated rings. The van der Waals surface area contributed by atoms with Gasteiger partial charge in [-0.2, -0.15) is 0 Å². The molecular formula is C20H21NO7. The van der Waals surface area contributed by atoms with E-state index in [0.29, 0.717) is 0 Å². The number of carbonyl (C=O) groups excluding carboxylic acids is 3. The van der Waals surface area contributed by atoms with Gasteiger partial charge < -0.3 is 23.8 Å². The summed E-state index contributed by atoms with van der Waals surface area (Å²) in [5.41, 5.74) is -0.689. The molecule has 2 heterocycles. The summed E-state index contributed by atoms with van der Waals surface area (Å²) in [5, 5.41) is 0. The van der Waals surface area contributed by atoms with E-state index in [0.717, 1.165) is 18.2 Å². The molecule has 28 heavy (non-hydrogen) atoms. The van der Waals surface area contributed by atoms with E-state index >= 15 is 0 Å². The molecule has 0 aromatic heterocycles. The van der Waals surface area contributed by atoms with E-state index in [1.165, 1.54) is 18.9 Å². The third kappa shape index (κ3) is 2.95. The van der Waals surface area contributed by atoms with Crippen molar-refractivity contribution in [3.63, 3.8) is 0 Å². The zero-order valence-corrected chi connectivity index (χ0v) is 16.1. The monoisotopic (exact) mass is 387 g/mol. The molecule has 2 atom stereocenters. The number of carbonyl (C=O) groups is 3. The molecule has 0 spiro atoms. The van der Waals surface area contributed by atoms with E-state index < -0.39 is 29.7 Å². The molecule has 1 aromatic rings. The van der Waals surface area contributed by atoms with Crippen molar-refractivity contribution in [2.45, 2.75) is 25.7 Å². The summed E-state index contributed by atoms with van der Waals surface area (Å²) in [7, 11) is 2.35. The number of hydrogen-bond acceptors (Lipinski definition) is 8. The van der Waals surface area contributed by atoms with Gasteiger partial charge in [-0.1, -0.05) is 24.3 Å². The van der Waals surface area contributed by atoms with Crippen LogP contribution >= 0.6 is 0 Å². The molecule has 2 unspecified atom stereocenters. The second-order valence-corrected chi connectivity index (χ2v) is 6.28. The summed E-state index contributed by atoms with van der Waals surface area (Å²) in [4.78, 5) is 39.6. The van der Waals surface area contributed by atoms with Gasteiger partial charge in [-0.15, -0.1) is 0 Å². The van der Waals surface area contributed by atoms with Crippen LogP contribution in [0.2, 0.25) is 0 Å². The summed E-state index contributed by atoms with van der Waals surface area (Å²) >= 11 is 0. The quantitative estimate of drug-likeness (QED) is 0.572. The zero-order valence-electron chi connectivity index (χ0n) is 16.1. The topological polar surface area (TPSA) is 91.4 Å². The lowest BCUT2D eigenvalue weighted by Crippen LogP contribution is -2.54. The lowest BCUT2D eigenvalue weighted by atomic mass is 9.88. The standard InChI is InChI=1S/C20H21NO7/c1-5-27-19(24)20(2)14(17(22)25-3)15(18(23)26-4)21-11-10-12-8-6-7-9-13(12)16(21)28-20/h6-11,16H,5H2,1-4H3. The minimum absolute atomic E-state index is 0.0741. The number of ether oxygens (including phenoxy) is 4. The summed E-state index contributed by atoms with van der Waals surface area (Å²) in [6.07, 6.45) is 2.55. The molecule has 2 aliphatic rings. The van der Waals surface area contributed by atoms with Gasteiger partial charge in [0.25, 0.3) is 0 Å². The second-order valence-electron chi connectivity index (χ2n) is 6.28. The Balaban J connectivity index is 2.29. The molecule has 3 rings (SSSR count). The van der Waals surface area contributed by atoms with Crippen molar-refractivity contribution < 1.29 is 33.3 Å². The Kier molecular flexibility index (Phi) is 5.24. The van der Waals surface area contributed by atoms with Crippen molar-refractivity contribution in [3.8, 4) is 0 Å². The summed E-state index contributed by atoms with van der Waals surface area (Å²) in [5.74, 6) is -2.49. The first kappa shape index (κ1) is 19.6. The highest BCUT2D eigenvalue weighted by Crippen LogP contribution is 2.45. The molecule has 0 bridgehead atoms. The Morgan fingerprint density at radius 2 is 1.82 bits per heavy atom. The predicted molar refractivity (Wildman–Crippen MR) is 97.2 cm³/mol. The Labute approximate surface area is 162 Å². The Morgan fingerprint density at radius 1 is 1.14 bits per heavy atom. The average Bonchev–Trinajstić information content (AvgIpc) is 2.71. The second kappa shape index (κ2) is 7.47. The smallest absolute Gasteiger partial charge is 0.355 e. The van der Waals surface area contributed by atoms with E-state index in [1.807, 2.05) is 24.3 Å². The average molecular weight is 387 g/mol. The first-order valence-electron chi connectivity index (χ1n) is 8.70. The minimum atomic E-state index is -1.87. The first-order valence-corrected chi connectivity index (χ1v) is 8.70. The lowest BCUT2D eigenvalue weighted by molar-refractivity contribution is -0.191. The number of hydrogen-bond donors (Lipinski definition) is 0. The number of nitrogens with zero attached hydrogens (tertiary/aromatic N) is 1. The fraction of sp³-hybridized carbons (Fsp3) is 0.350. The van der Waals surface area contributed by atoms with Crippen LogP contribution in [-0.4, -0.2) is 49.2 Å². The van der Waals surface area contributed by atoms with Crippen LogP contribution in [0.3, 0.4) is 0 Å². The van der Waals surface area contributed by atoms with Crippen LogP contribution in [0.5, 0.6) is 0 Å². The van der Waals surface area contributed by atoms with E-state index in [4.69, 9.17) is 18.9 Å². The molecule has 0 saturated carbocycles. The van der Waals surface area contributed by atoms with Gasteiger partial charge in [-0.3, -0.25) is 0 Å². The minimum Gasteiger partial charge on any atom is -0.466 e. The van der Waals surface area contributed by atoms with Crippen molar-refractivity contribution >= 4 is 24.0 Å². The number of fused-ring (bicyclic) bond motifs is 3. The van der Waals surface area contributed by atoms with Gasteiger partial charge in [0.05, 0.1) is 20.8 Å². The third-order valence-corrected chi connectivity index (χ3v) is 4.68. The van der Waals surface area contributed by atoms with Crippen LogP contribution in [0.15, 0.2) is 41.7 Å².